The Labute approximate surface area is 176 Å². The first-order chi connectivity index (χ1) is 15.2. The first-order valence-corrected chi connectivity index (χ1v) is 10.4. The fourth-order valence-electron chi connectivity index (χ4n) is 4.16. The van der Waals surface area contributed by atoms with Crippen LogP contribution in [0.2, 0.25) is 0 Å². The summed E-state index contributed by atoms with van der Waals surface area (Å²) in [6.45, 7) is 1.84. The summed E-state index contributed by atoms with van der Waals surface area (Å²) in [6.07, 6.45) is 5.73. The lowest BCUT2D eigenvalue weighted by Gasteiger charge is -2.18. The maximum absolute atomic E-state index is 13.9. The van der Waals surface area contributed by atoms with E-state index in [0.717, 1.165) is 38.0 Å². The molecule has 3 aromatic heterocycles. The van der Waals surface area contributed by atoms with Crippen molar-refractivity contribution in [2.24, 2.45) is 0 Å². The van der Waals surface area contributed by atoms with Crippen molar-refractivity contribution in [3.05, 3.63) is 70.2 Å². The molecule has 0 amide bonds. The summed E-state index contributed by atoms with van der Waals surface area (Å²) in [5.41, 5.74) is 4.28. The number of aromatic nitrogens is 5. The van der Waals surface area contributed by atoms with Gasteiger partial charge in [-0.05, 0) is 55.1 Å². The van der Waals surface area contributed by atoms with E-state index in [2.05, 4.69) is 37.7 Å². The van der Waals surface area contributed by atoms with Gasteiger partial charge in [0.15, 0.2) is 5.65 Å². The van der Waals surface area contributed by atoms with E-state index in [1.165, 1.54) is 23.4 Å². The van der Waals surface area contributed by atoms with Gasteiger partial charge in [-0.3, -0.25) is 4.79 Å². The Morgan fingerprint density at radius 3 is 2.87 bits per heavy atom. The normalized spacial score (nSPS) is 15.8. The second-order valence-electron chi connectivity index (χ2n) is 8.00. The van der Waals surface area contributed by atoms with Crippen LogP contribution in [0.5, 0.6) is 0 Å². The van der Waals surface area contributed by atoms with Crippen LogP contribution in [0.4, 0.5) is 16.0 Å². The van der Waals surface area contributed by atoms with Gasteiger partial charge < -0.3 is 10.6 Å². The predicted octanol–water partition coefficient (Wildman–Crippen LogP) is 2.84. The van der Waals surface area contributed by atoms with Gasteiger partial charge in [-0.15, -0.1) is 0 Å². The van der Waals surface area contributed by atoms with Gasteiger partial charge in [0.25, 0.3) is 5.56 Å². The molecule has 0 spiro atoms. The molecule has 8 nitrogen and oxygen atoms in total. The number of hydrogen-bond acceptors (Lipinski definition) is 6. The molecular weight excluding hydrogens is 397 g/mol. The summed E-state index contributed by atoms with van der Waals surface area (Å²) in [5, 5.41) is 7.03. The van der Waals surface area contributed by atoms with Gasteiger partial charge in [-0.1, -0.05) is 6.07 Å². The molecule has 9 heteroatoms. The lowest BCUT2D eigenvalue weighted by Crippen LogP contribution is -2.23. The molecule has 1 aliphatic carbocycles. The van der Waals surface area contributed by atoms with Gasteiger partial charge in [0, 0.05) is 30.7 Å². The van der Waals surface area contributed by atoms with Crippen LogP contribution in [0.1, 0.15) is 30.0 Å². The average Bonchev–Trinajstić information content (AvgIpc) is 3.58. The topological polar surface area (TPSA) is 89.7 Å². The quantitative estimate of drug-likeness (QED) is 0.497. The van der Waals surface area contributed by atoms with Crippen LogP contribution in [-0.4, -0.2) is 30.9 Å². The molecule has 4 aromatic rings. The maximum atomic E-state index is 13.9. The van der Waals surface area contributed by atoms with Crippen molar-refractivity contribution in [3.63, 3.8) is 0 Å². The van der Waals surface area contributed by atoms with Crippen molar-refractivity contribution in [3.8, 4) is 5.69 Å². The molecule has 0 unspecified atom stereocenters. The second kappa shape index (κ2) is 6.98. The van der Waals surface area contributed by atoms with Crippen LogP contribution in [-0.2, 0) is 13.0 Å². The summed E-state index contributed by atoms with van der Waals surface area (Å²) in [4.78, 5) is 25.7. The highest BCUT2D eigenvalue weighted by atomic mass is 19.1. The molecule has 4 heterocycles. The van der Waals surface area contributed by atoms with Gasteiger partial charge in [0.2, 0.25) is 11.9 Å². The Bertz CT molecular complexity index is 1370. The van der Waals surface area contributed by atoms with Crippen LogP contribution >= 0.6 is 0 Å². The minimum atomic E-state index is -0.606. The summed E-state index contributed by atoms with van der Waals surface area (Å²) in [5.74, 6) is -0.220. The van der Waals surface area contributed by atoms with Crippen LogP contribution < -0.4 is 16.2 Å². The smallest absolute Gasteiger partial charge is 0.278 e. The fourth-order valence-corrected chi connectivity index (χ4v) is 4.16. The van der Waals surface area contributed by atoms with Crippen molar-refractivity contribution in [2.75, 3.05) is 11.9 Å². The van der Waals surface area contributed by atoms with Crippen LogP contribution in [0.3, 0.4) is 0 Å². The van der Waals surface area contributed by atoms with Crippen molar-refractivity contribution in [2.45, 2.75) is 31.8 Å². The minimum absolute atomic E-state index is 0.0867. The zero-order valence-electron chi connectivity index (χ0n) is 16.7. The van der Waals surface area contributed by atoms with E-state index in [1.807, 2.05) is 6.07 Å². The highest BCUT2D eigenvalue weighted by Crippen LogP contribution is 2.35. The Morgan fingerprint density at radius 1 is 1.13 bits per heavy atom. The number of nitrogens with zero attached hydrogens (tertiary/aromatic N) is 5. The van der Waals surface area contributed by atoms with Gasteiger partial charge in [0.1, 0.15) is 5.39 Å². The number of fused-ring (bicyclic) bond motifs is 2. The second-order valence-corrected chi connectivity index (χ2v) is 8.00. The van der Waals surface area contributed by atoms with E-state index in [1.54, 1.807) is 21.6 Å². The fraction of sp³-hybridized carbons (Fsp3) is 0.273. The standard InChI is InChI=1S/C22H20FN7O/c23-19-10-17(6-8-25-19)29-20-18(21(31)30(29)16-3-4-16)12-26-22(28-20)27-15-2-1-14-11-24-7-5-13(14)9-15/h1-2,6,8-10,12,16,24H,3-5,7,11H2,(H,26,27,28). The number of halogens is 1. The molecule has 0 saturated heterocycles. The van der Waals surface area contributed by atoms with E-state index in [-0.39, 0.29) is 11.6 Å². The third-order valence-corrected chi connectivity index (χ3v) is 5.82. The zero-order valence-corrected chi connectivity index (χ0v) is 16.7. The molecule has 156 valence electrons. The number of anilines is 2. The number of pyridine rings is 1. The van der Waals surface area contributed by atoms with E-state index < -0.39 is 5.95 Å². The summed E-state index contributed by atoms with van der Waals surface area (Å²) >= 11 is 0. The van der Waals surface area contributed by atoms with Crippen molar-refractivity contribution < 1.29 is 4.39 Å². The monoisotopic (exact) mass is 417 g/mol. The number of nitrogens with one attached hydrogen (secondary N) is 2. The molecule has 2 N–H and O–H groups in total. The molecule has 1 fully saturated rings. The van der Waals surface area contributed by atoms with E-state index in [4.69, 9.17) is 0 Å². The average molecular weight is 417 g/mol. The Balaban J connectivity index is 1.46. The largest absolute Gasteiger partial charge is 0.324 e. The van der Waals surface area contributed by atoms with E-state index in [9.17, 15) is 9.18 Å². The zero-order chi connectivity index (χ0) is 20.9. The Morgan fingerprint density at radius 2 is 2.03 bits per heavy atom. The first kappa shape index (κ1) is 18.2. The van der Waals surface area contributed by atoms with E-state index >= 15 is 0 Å². The van der Waals surface area contributed by atoms with Crippen molar-refractivity contribution in [1.82, 2.24) is 29.6 Å². The van der Waals surface area contributed by atoms with Crippen LogP contribution in [0.15, 0.2) is 47.5 Å². The molecule has 0 atom stereocenters. The maximum Gasteiger partial charge on any atom is 0.278 e. The minimum Gasteiger partial charge on any atom is -0.324 e. The summed E-state index contributed by atoms with van der Waals surface area (Å²) < 4.78 is 17.2. The highest BCUT2D eigenvalue weighted by Gasteiger charge is 2.31. The molecule has 2 aliphatic rings. The summed E-state index contributed by atoms with van der Waals surface area (Å²) in [6, 6.07) is 9.29. The molecular formula is C22H20FN7O. The third-order valence-electron chi connectivity index (χ3n) is 5.82. The predicted molar refractivity (Wildman–Crippen MR) is 114 cm³/mol. The van der Waals surface area contributed by atoms with Gasteiger partial charge in [-0.2, -0.15) is 9.37 Å². The number of rotatable bonds is 4. The lowest BCUT2D eigenvalue weighted by molar-refractivity contribution is 0.548. The highest BCUT2D eigenvalue weighted by molar-refractivity contribution is 5.77. The molecule has 0 radical (unpaired) electrons. The first-order valence-electron chi connectivity index (χ1n) is 10.4. The molecule has 31 heavy (non-hydrogen) atoms. The third kappa shape index (κ3) is 3.17. The van der Waals surface area contributed by atoms with E-state index in [0.29, 0.717) is 22.7 Å². The van der Waals surface area contributed by atoms with Gasteiger partial charge in [0.05, 0.1) is 11.7 Å². The Kier molecular flexibility index (Phi) is 4.10. The molecule has 1 aromatic carbocycles. The molecule has 1 saturated carbocycles. The van der Waals surface area contributed by atoms with Crippen molar-refractivity contribution in [1.29, 1.82) is 0 Å². The number of hydrogen-bond donors (Lipinski definition) is 2. The number of benzene rings is 1. The summed E-state index contributed by atoms with van der Waals surface area (Å²) in [7, 11) is 0. The lowest BCUT2D eigenvalue weighted by atomic mass is 10.0. The molecule has 0 bridgehead atoms. The Hall–Kier alpha value is -3.59. The molecule has 1 aliphatic heterocycles. The SMILES string of the molecule is O=c1c2cnc(Nc3ccc4c(c3)CCNC4)nc2n(-c2ccnc(F)c2)n1C1CC1. The molecule has 6 rings (SSSR count). The van der Waals surface area contributed by atoms with Crippen molar-refractivity contribution >= 4 is 22.7 Å². The van der Waals surface area contributed by atoms with Crippen LogP contribution in [0.25, 0.3) is 16.7 Å². The van der Waals surface area contributed by atoms with Gasteiger partial charge in [-0.25, -0.2) is 19.3 Å². The van der Waals surface area contributed by atoms with Crippen LogP contribution in [0, 0.1) is 5.95 Å². The van der Waals surface area contributed by atoms with Gasteiger partial charge >= 0.3 is 0 Å².